The quantitative estimate of drug-likeness (QED) is 0.0200. The number of allylic oxidation sites excluding steroid dienone is 18. The zero-order valence-corrected chi connectivity index (χ0v) is 39.8. The van der Waals surface area contributed by atoms with Crippen molar-refractivity contribution in [2.45, 2.75) is 213 Å². The summed E-state index contributed by atoms with van der Waals surface area (Å²) in [5.41, 5.74) is 0. The molecule has 0 aliphatic rings. The van der Waals surface area contributed by atoms with Gasteiger partial charge in [0.15, 0.2) is 6.10 Å². The van der Waals surface area contributed by atoms with E-state index >= 15 is 0 Å². The fourth-order valence-corrected chi connectivity index (χ4v) is 6.37. The third-order valence-electron chi connectivity index (χ3n) is 10.1. The van der Waals surface area contributed by atoms with Crippen molar-refractivity contribution in [3.63, 3.8) is 0 Å². The average molecular weight is 859 g/mol. The summed E-state index contributed by atoms with van der Waals surface area (Å²) in [6.45, 7) is 6.28. The Hall–Kier alpha value is -3.93. The number of unbranched alkanes of at least 4 members (excludes halogenated alkanes) is 16. The van der Waals surface area contributed by atoms with Crippen molar-refractivity contribution in [2.24, 2.45) is 0 Å². The van der Waals surface area contributed by atoms with Crippen molar-refractivity contribution < 1.29 is 28.6 Å². The maximum atomic E-state index is 12.8. The third-order valence-corrected chi connectivity index (χ3v) is 10.1. The first-order chi connectivity index (χ1) is 30.5. The van der Waals surface area contributed by atoms with Gasteiger partial charge in [0, 0.05) is 19.3 Å². The molecule has 0 fully saturated rings. The van der Waals surface area contributed by atoms with Gasteiger partial charge in [0.2, 0.25) is 0 Å². The van der Waals surface area contributed by atoms with E-state index in [1.807, 2.05) is 6.08 Å². The van der Waals surface area contributed by atoms with Gasteiger partial charge in [0.1, 0.15) is 13.2 Å². The number of ether oxygens (including phenoxy) is 3. The molecule has 0 heterocycles. The zero-order chi connectivity index (χ0) is 45.1. The molecule has 1 unspecified atom stereocenters. The first kappa shape index (κ1) is 58.1. The monoisotopic (exact) mass is 859 g/mol. The largest absolute Gasteiger partial charge is 0.462 e. The van der Waals surface area contributed by atoms with Crippen LogP contribution in [0.15, 0.2) is 109 Å². The van der Waals surface area contributed by atoms with Crippen molar-refractivity contribution >= 4 is 17.9 Å². The molecule has 0 bridgehead atoms. The van der Waals surface area contributed by atoms with E-state index in [0.717, 1.165) is 103 Å². The van der Waals surface area contributed by atoms with Crippen LogP contribution in [0.25, 0.3) is 0 Å². The van der Waals surface area contributed by atoms with Gasteiger partial charge in [0.25, 0.3) is 0 Å². The van der Waals surface area contributed by atoms with Gasteiger partial charge < -0.3 is 14.2 Å². The molecule has 0 aromatic carbocycles. The van der Waals surface area contributed by atoms with Gasteiger partial charge in [0.05, 0.1) is 0 Å². The van der Waals surface area contributed by atoms with Gasteiger partial charge in [-0.1, -0.05) is 201 Å². The van der Waals surface area contributed by atoms with Crippen molar-refractivity contribution in [1.29, 1.82) is 0 Å². The lowest BCUT2D eigenvalue weighted by atomic mass is 10.1. The summed E-state index contributed by atoms with van der Waals surface area (Å²) in [6, 6.07) is 0. The highest BCUT2D eigenvalue weighted by Crippen LogP contribution is 2.13. The molecule has 350 valence electrons. The maximum absolute atomic E-state index is 12.8. The Balaban J connectivity index is 4.54. The Morgan fingerprint density at radius 3 is 1.27 bits per heavy atom. The lowest BCUT2D eigenvalue weighted by molar-refractivity contribution is -0.166. The molecule has 0 radical (unpaired) electrons. The summed E-state index contributed by atoms with van der Waals surface area (Å²) in [4.78, 5) is 37.9. The smallest absolute Gasteiger partial charge is 0.306 e. The fourth-order valence-electron chi connectivity index (χ4n) is 6.37. The minimum absolute atomic E-state index is 0.119. The molecular formula is C56H90O6. The van der Waals surface area contributed by atoms with Gasteiger partial charge in [-0.05, 0) is 96.3 Å². The minimum atomic E-state index is -0.821. The molecule has 0 aromatic heterocycles. The normalized spacial score (nSPS) is 13.0. The highest BCUT2D eigenvalue weighted by Gasteiger charge is 2.19. The number of hydrogen-bond acceptors (Lipinski definition) is 6. The van der Waals surface area contributed by atoms with Crippen LogP contribution in [0.5, 0.6) is 0 Å². The predicted molar refractivity (Wildman–Crippen MR) is 265 cm³/mol. The summed E-state index contributed by atoms with van der Waals surface area (Å²) < 4.78 is 16.7. The molecule has 6 nitrogen and oxygen atoms in total. The lowest BCUT2D eigenvalue weighted by Crippen LogP contribution is -2.30. The van der Waals surface area contributed by atoms with Crippen LogP contribution in [0.4, 0.5) is 0 Å². The molecule has 0 aromatic rings. The molecule has 0 aliphatic heterocycles. The molecule has 0 saturated carbocycles. The molecule has 6 heteroatoms. The molecule has 1 atom stereocenters. The van der Waals surface area contributed by atoms with E-state index in [1.54, 1.807) is 0 Å². The molecule has 0 N–H and O–H groups in total. The van der Waals surface area contributed by atoms with Crippen molar-refractivity contribution in [3.8, 4) is 0 Å². The minimum Gasteiger partial charge on any atom is -0.462 e. The highest BCUT2D eigenvalue weighted by atomic mass is 16.6. The molecule has 0 rings (SSSR count). The molecule has 0 saturated heterocycles. The molecule has 0 spiro atoms. The van der Waals surface area contributed by atoms with Gasteiger partial charge >= 0.3 is 17.9 Å². The SMILES string of the molecule is CC\C=C/C=C\C=C/CCCCCCCCCC(=O)OC(COC(=O)CC/C=C\C/C=C\CCCCCCCC)COC(=O)CCCCC/C=C\C/C=C\C/C=C\C/C=C\CC. The number of carbonyl (C=O) groups is 3. The van der Waals surface area contributed by atoms with E-state index in [1.165, 1.54) is 57.8 Å². The van der Waals surface area contributed by atoms with Crippen LogP contribution in [-0.2, 0) is 28.6 Å². The standard InChI is InChI=1S/C56H90O6/c1-4-7-10-13-16-19-22-25-27-29-31-34-37-40-43-46-49-55(58)61-52-53(51-60-54(57)48-45-42-39-36-33-30-24-21-18-15-12-9-6-3)62-56(59)50-47-44-41-38-35-32-28-26-23-20-17-14-11-8-5-2/h7-8,10-11,14,16-17,19-20,23,25,27,30-31,33-34,39,42,53H,4-6,9,12-13,15,18,21-22,24,26,28-29,32,35-38,40-41,43-52H2,1-3H3/b10-7-,11-8-,17-14-,19-16-,23-20-,27-25-,33-30-,34-31-,42-39-. The van der Waals surface area contributed by atoms with Gasteiger partial charge in [-0.25, -0.2) is 0 Å². The van der Waals surface area contributed by atoms with Crippen LogP contribution in [-0.4, -0.2) is 37.2 Å². The summed E-state index contributed by atoms with van der Waals surface area (Å²) in [5.74, 6) is -1.04. The van der Waals surface area contributed by atoms with E-state index in [-0.39, 0.29) is 37.5 Å². The molecular weight excluding hydrogens is 769 g/mol. The Kier molecular flexibility index (Phi) is 46.6. The van der Waals surface area contributed by atoms with E-state index in [9.17, 15) is 14.4 Å². The van der Waals surface area contributed by atoms with Crippen LogP contribution in [0.2, 0.25) is 0 Å². The first-order valence-electron chi connectivity index (χ1n) is 24.9. The zero-order valence-electron chi connectivity index (χ0n) is 39.8. The summed E-state index contributed by atoms with van der Waals surface area (Å²) in [7, 11) is 0. The second-order valence-corrected chi connectivity index (χ2v) is 16.0. The Labute approximate surface area is 380 Å². The Morgan fingerprint density at radius 2 is 0.742 bits per heavy atom. The average Bonchev–Trinajstić information content (AvgIpc) is 3.27. The summed E-state index contributed by atoms with van der Waals surface area (Å²) in [5, 5.41) is 0. The number of carbonyl (C=O) groups excluding carboxylic acids is 3. The molecule has 62 heavy (non-hydrogen) atoms. The summed E-state index contributed by atoms with van der Waals surface area (Å²) in [6.07, 6.45) is 66.5. The number of rotatable bonds is 43. The highest BCUT2D eigenvalue weighted by molar-refractivity contribution is 5.71. The third kappa shape index (κ3) is 47.1. The molecule has 0 aliphatic carbocycles. The second-order valence-electron chi connectivity index (χ2n) is 16.0. The fraction of sp³-hybridized carbons (Fsp3) is 0.625. The number of hydrogen-bond donors (Lipinski definition) is 0. The van der Waals surface area contributed by atoms with Crippen LogP contribution in [0, 0.1) is 0 Å². The second kappa shape index (κ2) is 49.7. The number of esters is 3. The van der Waals surface area contributed by atoms with Crippen LogP contribution in [0.3, 0.4) is 0 Å². The van der Waals surface area contributed by atoms with Gasteiger partial charge in [-0.15, -0.1) is 0 Å². The van der Waals surface area contributed by atoms with E-state index in [4.69, 9.17) is 14.2 Å². The molecule has 0 amide bonds. The van der Waals surface area contributed by atoms with E-state index in [2.05, 4.69) is 124 Å². The van der Waals surface area contributed by atoms with E-state index < -0.39 is 6.10 Å². The Morgan fingerprint density at radius 1 is 0.355 bits per heavy atom. The van der Waals surface area contributed by atoms with Gasteiger partial charge in [-0.3, -0.25) is 14.4 Å². The first-order valence-corrected chi connectivity index (χ1v) is 24.9. The topological polar surface area (TPSA) is 78.9 Å². The summed E-state index contributed by atoms with van der Waals surface area (Å²) >= 11 is 0. The van der Waals surface area contributed by atoms with E-state index in [0.29, 0.717) is 19.3 Å². The van der Waals surface area contributed by atoms with Gasteiger partial charge in [-0.2, -0.15) is 0 Å². The van der Waals surface area contributed by atoms with Crippen molar-refractivity contribution in [1.82, 2.24) is 0 Å². The van der Waals surface area contributed by atoms with Crippen molar-refractivity contribution in [3.05, 3.63) is 109 Å². The van der Waals surface area contributed by atoms with Crippen LogP contribution >= 0.6 is 0 Å². The lowest BCUT2D eigenvalue weighted by Gasteiger charge is -2.18. The van der Waals surface area contributed by atoms with Crippen LogP contribution < -0.4 is 0 Å². The van der Waals surface area contributed by atoms with Crippen LogP contribution in [0.1, 0.15) is 207 Å². The predicted octanol–water partition coefficient (Wildman–Crippen LogP) is 16.4. The van der Waals surface area contributed by atoms with Crippen molar-refractivity contribution in [2.75, 3.05) is 13.2 Å². The Bertz CT molecular complexity index is 1310. The maximum Gasteiger partial charge on any atom is 0.306 e.